The molecule has 0 fully saturated rings. The van der Waals surface area contributed by atoms with Crippen molar-refractivity contribution in [3.63, 3.8) is 0 Å². The normalized spacial score (nSPS) is 16.3. The lowest BCUT2D eigenvalue weighted by Gasteiger charge is -2.07. The molecule has 0 amide bonds. The van der Waals surface area contributed by atoms with Gasteiger partial charge in [-0.3, -0.25) is 4.21 Å². The summed E-state index contributed by atoms with van der Waals surface area (Å²) in [6.45, 7) is 5.11. The van der Waals surface area contributed by atoms with E-state index >= 15 is 0 Å². The van der Waals surface area contributed by atoms with Gasteiger partial charge in [-0.2, -0.15) is 0 Å². The molecule has 68 valence electrons. The summed E-state index contributed by atoms with van der Waals surface area (Å²) in [6, 6.07) is 0. The Morgan fingerprint density at radius 3 is 2.73 bits per heavy atom. The first-order valence-corrected chi connectivity index (χ1v) is 5.32. The Morgan fingerprint density at radius 1 is 1.64 bits per heavy atom. The van der Waals surface area contributed by atoms with Gasteiger partial charge in [-0.05, 0) is 19.4 Å². The molecular formula is C7H17NO2S. The van der Waals surface area contributed by atoms with Crippen LogP contribution in [0.15, 0.2) is 0 Å². The lowest BCUT2D eigenvalue weighted by Crippen LogP contribution is -2.19. The number of ether oxygens (including phenoxy) is 1. The van der Waals surface area contributed by atoms with E-state index in [2.05, 4.69) is 0 Å². The van der Waals surface area contributed by atoms with Gasteiger partial charge in [0, 0.05) is 23.2 Å². The van der Waals surface area contributed by atoms with Crippen molar-refractivity contribution in [3.05, 3.63) is 0 Å². The molecule has 0 heterocycles. The molecule has 0 aliphatic rings. The Balaban J connectivity index is 3.36. The molecule has 0 bridgehead atoms. The first-order chi connectivity index (χ1) is 5.20. The third-order valence-corrected chi connectivity index (χ3v) is 2.66. The Labute approximate surface area is 70.8 Å². The van der Waals surface area contributed by atoms with E-state index in [4.69, 9.17) is 10.5 Å². The molecular weight excluding hydrogens is 162 g/mol. The average molecular weight is 179 g/mol. The molecule has 11 heavy (non-hydrogen) atoms. The fourth-order valence-corrected chi connectivity index (χ4v) is 1.83. The number of nitrogens with two attached hydrogens (primary N) is 1. The zero-order valence-corrected chi connectivity index (χ0v) is 8.02. The summed E-state index contributed by atoms with van der Waals surface area (Å²) in [4.78, 5) is 0. The monoisotopic (exact) mass is 179 g/mol. The van der Waals surface area contributed by atoms with Gasteiger partial charge in [0.25, 0.3) is 0 Å². The Hall–Kier alpha value is 0.0700. The van der Waals surface area contributed by atoms with Crippen molar-refractivity contribution < 1.29 is 8.95 Å². The van der Waals surface area contributed by atoms with Crippen molar-refractivity contribution in [2.75, 3.05) is 24.8 Å². The fourth-order valence-electron chi connectivity index (χ4n) is 0.610. The molecule has 0 saturated heterocycles. The highest BCUT2D eigenvalue weighted by molar-refractivity contribution is 7.84. The Morgan fingerprint density at radius 2 is 2.27 bits per heavy atom. The number of rotatable bonds is 6. The van der Waals surface area contributed by atoms with Crippen LogP contribution in [0.3, 0.4) is 0 Å². The van der Waals surface area contributed by atoms with Crippen LogP contribution in [-0.2, 0) is 15.5 Å². The molecule has 0 spiro atoms. The lowest BCUT2D eigenvalue weighted by molar-refractivity contribution is 0.195. The number of hydrogen-bond acceptors (Lipinski definition) is 3. The van der Waals surface area contributed by atoms with Crippen molar-refractivity contribution in [2.24, 2.45) is 11.7 Å². The summed E-state index contributed by atoms with van der Waals surface area (Å²) in [5.74, 6) is 1.33. The molecule has 0 aromatic heterocycles. The van der Waals surface area contributed by atoms with Crippen molar-refractivity contribution in [3.8, 4) is 0 Å². The largest absolute Gasteiger partial charge is 0.369 e. The molecule has 2 unspecified atom stereocenters. The van der Waals surface area contributed by atoms with E-state index in [1.54, 1.807) is 0 Å². The van der Waals surface area contributed by atoms with Gasteiger partial charge >= 0.3 is 0 Å². The quantitative estimate of drug-likeness (QED) is 0.639. The minimum Gasteiger partial charge on any atom is -0.369 e. The van der Waals surface area contributed by atoms with Gasteiger partial charge in [-0.1, -0.05) is 6.92 Å². The first kappa shape index (κ1) is 11.1. The highest BCUT2D eigenvalue weighted by atomic mass is 32.2. The number of hydrogen-bond donors (Lipinski definition) is 1. The van der Waals surface area contributed by atoms with Crippen LogP contribution in [0.5, 0.6) is 0 Å². The molecule has 2 atom stereocenters. The van der Waals surface area contributed by atoms with Crippen LogP contribution >= 0.6 is 0 Å². The second kappa shape index (κ2) is 6.76. The second-order valence-corrected chi connectivity index (χ2v) is 4.01. The molecule has 2 N–H and O–H groups in total. The van der Waals surface area contributed by atoms with Crippen molar-refractivity contribution in [1.82, 2.24) is 0 Å². The lowest BCUT2D eigenvalue weighted by atomic mass is 10.2. The van der Waals surface area contributed by atoms with Crippen molar-refractivity contribution in [2.45, 2.75) is 13.8 Å². The van der Waals surface area contributed by atoms with Gasteiger partial charge in [-0.25, -0.2) is 0 Å². The van der Waals surface area contributed by atoms with Crippen LogP contribution in [-0.4, -0.2) is 29.1 Å². The SMILES string of the molecule is CCOCS(=O)CC(C)CN. The molecule has 0 aliphatic carbocycles. The van der Waals surface area contributed by atoms with Crippen LogP contribution in [0.1, 0.15) is 13.8 Å². The zero-order chi connectivity index (χ0) is 8.69. The van der Waals surface area contributed by atoms with E-state index < -0.39 is 10.8 Å². The summed E-state index contributed by atoms with van der Waals surface area (Å²) in [5, 5.41) is 0. The summed E-state index contributed by atoms with van der Waals surface area (Å²) in [5.41, 5.74) is 5.37. The molecule has 0 aromatic carbocycles. The summed E-state index contributed by atoms with van der Waals surface area (Å²) >= 11 is 0. The second-order valence-electron chi connectivity index (χ2n) is 2.56. The maximum absolute atomic E-state index is 11.1. The van der Waals surface area contributed by atoms with E-state index in [0.717, 1.165) is 0 Å². The molecule has 0 rings (SSSR count). The summed E-state index contributed by atoms with van der Waals surface area (Å²) in [6.07, 6.45) is 0. The minimum atomic E-state index is -0.852. The van der Waals surface area contributed by atoms with E-state index in [1.165, 1.54) is 0 Å². The predicted octanol–water partition coefficient (Wildman–Crippen LogP) is 0.324. The smallest absolute Gasteiger partial charge is 0.122 e. The minimum absolute atomic E-state index is 0.330. The van der Waals surface area contributed by atoms with E-state index in [1.807, 2.05) is 13.8 Å². The van der Waals surface area contributed by atoms with E-state index in [9.17, 15) is 4.21 Å². The first-order valence-electron chi connectivity index (χ1n) is 3.83. The molecule has 0 radical (unpaired) electrons. The molecule has 0 saturated carbocycles. The van der Waals surface area contributed by atoms with Gasteiger partial charge in [0.1, 0.15) is 5.94 Å². The topological polar surface area (TPSA) is 52.3 Å². The molecule has 0 aromatic rings. The van der Waals surface area contributed by atoms with Crippen LogP contribution in [0.4, 0.5) is 0 Å². The molecule has 0 aliphatic heterocycles. The summed E-state index contributed by atoms with van der Waals surface area (Å²) in [7, 11) is -0.852. The van der Waals surface area contributed by atoms with Gasteiger partial charge in [0.05, 0.1) is 0 Å². The van der Waals surface area contributed by atoms with E-state index in [0.29, 0.717) is 30.8 Å². The third kappa shape index (κ3) is 6.47. The summed E-state index contributed by atoms with van der Waals surface area (Å²) < 4.78 is 16.1. The molecule has 3 nitrogen and oxygen atoms in total. The highest BCUT2D eigenvalue weighted by Gasteiger charge is 2.04. The van der Waals surface area contributed by atoms with Crippen LogP contribution in [0, 0.1) is 5.92 Å². The van der Waals surface area contributed by atoms with Crippen molar-refractivity contribution in [1.29, 1.82) is 0 Å². The van der Waals surface area contributed by atoms with Gasteiger partial charge in [0.15, 0.2) is 0 Å². The highest BCUT2D eigenvalue weighted by Crippen LogP contribution is 1.95. The van der Waals surface area contributed by atoms with Gasteiger partial charge in [-0.15, -0.1) is 0 Å². The average Bonchev–Trinajstić information content (AvgIpc) is 2.00. The predicted molar refractivity (Wildman–Crippen MR) is 47.7 cm³/mol. The van der Waals surface area contributed by atoms with Gasteiger partial charge in [0.2, 0.25) is 0 Å². The van der Waals surface area contributed by atoms with Gasteiger partial charge < -0.3 is 10.5 Å². The van der Waals surface area contributed by atoms with Crippen LogP contribution in [0.2, 0.25) is 0 Å². The standard InChI is InChI=1S/C7H17NO2S/c1-3-10-6-11(9)5-7(2)4-8/h7H,3-6,8H2,1-2H3. The van der Waals surface area contributed by atoms with E-state index in [-0.39, 0.29) is 0 Å². The van der Waals surface area contributed by atoms with Crippen LogP contribution < -0.4 is 5.73 Å². The molecule has 4 heteroatoms. The maximum atomic E-state index is 11.1. The Kier molecular flexibility index (Phi) is 6.80. The van der Waals surface area contributed by atoms with Crippen LogP contribution in [0.25, 0.3) is 0 Å². The van der Waals surface area contributed by atoms with Crippen molar-refractivity contribution >= 4 is 10.8 Å². The Bertz CT molecular complexity index is 119. The zero-order valence-electron chi connectivity index (χ0n) is 7.21. The third-order valence-electron chi connectivity index (χ3n) is 1.29. The fraction of sp³-hybridized carbons (Fsp3) is 1.00. The maximum Gasteiger partial charge on any atom is 0.122 e.